The summed E-state index contributed by atoms with van der Waals surface area (Å²) in [5.41, 5.74) is 9.44. The van der Waals surface area contributed by atoms with E-state index in [0.717, 1.165) is 11.1 Å². The van der Waals surface area contributed by atoms with Gasteiger partial charge in [0.1, 0.15) is 29.6 Å². The van der Waals surface area contributed by atoms with E-state index in [1.807, 2.05) is 6.07 Å². The number of hydrogen-bond donors (Lipinski definition) is 2. The molecule has 9 heteroatoms. The Kier molecular flexibility index (Phi) is 4.48. The van der Waals surface area contributed by atoms with Crippen molar-refractivity contribution in [1.82, 2.24) is 24.8 Å². The predicted molar refractivity (Wildman–Crippen MR) is 101 cm³/mol. The average molecular weight is 380 g/mol. The van der Waals surface area contributed by atoms with Gasteiger partial charge in [-0.2, -0.15) is 5.10 Å². The smallest absolute Gasteiger partial charge is 0.313 e. The number of carbonyl (C=O) groups is 1. The number of nitrogens with one attached hydrogen (secondary N) is 1. The Morgan fingerprint density at radius 2 is 1.93 bits per heavy atom. The van der Waals surface area contributed by atoms with Gasteiger partial charge in [-0.25, -0.2) is 4.39 Å². The van der Waals surface area contributed by atoms with Crippen LogP contribution in [0.25, 0.3) is 28.0 Å². The zero-order valence-electron chi connectivity index (χ0n) is 15.0. The van der Waals surface area contributed by atoms with Gasteiger partial charge in [0.15, 0.2) is 5.65 Å². The number of benzene rings is 1. The van der Waals surface area contributed by atoms with Gasteiger partial charge in [0.05, 0.1) is 12.2 Å². The molecule has 0 saturated heterocycles. The third-order valence-corrected chi connectivity index (χ3v) is 4.28. The van der Waals surface area contributed by atoms with Crippen molar-refractivity contribution >= 4 is 17.4 Å². The Hall–Kier alpha value is -3.75. The highest BCUT2D eigenvalue weighted by molar-refractivity contribution is 5.87. The summed E-state index contributed by atoms with van der Waals surface area (Å²) in [5.74, 6) is 0.125. The Bertz CT molecular complexity index is 1150. The Morgan fingerprint density at radius 3 is 2.68 bits per heavy atom. The maximum Gasteiger partial charge on any atom is 0.313 e. The Labute approximate surface area is 159 Å². The number of esters is 1. The van der Waals surface area contributed by atoms with Crippen LogP contribution in [-0.2, 0) is 16.0 Å². The zero-order chi connectivity index (χ0) is 19.7. The van der Waals surface area contributed by atoms with Crippen LogP contribution in [0.5, 0.6) is 0 Å². The van der Waals surface area contributed by atoms with Crippen LogP contribution in [0.15, 0.2) is 42.6 Å². The molecule has 4 aromatic rings. The lowest BCUT2D eigenvalue weighted by atomic mass is 10.0. The first-order chi connectivity index (χ1) is 13.6. The summed E-state index contributed by atoms with van der Waals surface area (Å²) in [4.78, 5) is 11.8. The van der Waals surface area contributed by atoms with Gasteiger partial charge in [-0.3, -0.25) is 14.3 Å². The first kappa shape index (κ1) is 17.7. The van der Waals surface area contributed by atoms with Gasteiger partial charge in [0.2, 0.25) is 0 Å². The normalized spacial score (nSPS) is 11.1. The summed E-state index contributed by atoms with van der Waals surface area (Å²) >= 11 is 0. The number of rotatable bonds is 5. The van der Waals surface area contributed by atoms with E-state index in [9.17, 15) is 9.18 Å². The molecule has 0 bridgehead atoms. The zero-order valence-corrected chi connectivity index (χ0v) is 15.0. The van der Waals surface area contributed by atoms with Crippen molar-refractivity contribution in [1.29, 1.82) is 0 Å². The molecule has 28 heavy (non-hydrogen) atoms. The SMILES string of the molecule is CCOC(=O)Cc1nnc2ccc(-c3c(-c4ccc(F)cc4)n[nH]c3N)cn12. The molecule has 0 spiro atoms. The first-order valence-corrected chi connectivity index (χ1v) is 8.66. The van der Waals surface area contributed by atoms with E-state index >= 15 is 0 Å². The summed E-state index contributed by atoms with van der Waals surface area (Å²) in [6.07, 6.45) is 1.79. The lowest BCUT2D eigenvalue weighted by Crippen LogP contribution is -2.10. The van der Waals surface area contributed by atoms with Crippen molar-refractivity contribution in [2.45, 2.75) is 13.3 Å². The summed E-state index contributed by atoms with van der Waals surface area (Å²) in [5, 5.41) is 15.2. The van der Waals surface area contributed by atoms with Crippen LogP contribution >= 0.6 is 0 Å². The molecule has 0 aliphatic heterocycles. The summed E-state index contributed by atoms with van der Waals surface area (Å²) in [7, 11) is 0. The molecule has 0 unspecified atom stereocenters. The van der Waals surface area contributed by atoms with E-state index in [2.05, 4.69) is 20.4 Å². The second-order valence-corrected chi connectivity index (χ2v) is 6.11. The van der Waals surface area contributed by atoms with Crippen LogP contribution in [0.2, 0.25) is 0 Å². The van der Waals surface area contributed by atoms with E-state index in [4.69, 9.17) is 10.5 Å². The number of halogens is 1. The molecular weight excluding hydrogens is 363 g/mol. The van der Waals surface area contributed by atoms with Crippen molar-refractivity contribution < 1.29 is 13.9 Å². The molecule has 142 valence electrons. The number of nitrogens with zero attached hydrogens (tertiary/aromatic N) is 4. The number of fused-ring (bicyclic) bond motifs is 1. The molecule has 0 aliphatic rings. The standard InChI is InChI=1S/C19H17FN6O2/c1-2-28-16(27)9-15-23-22-14-8-5-12(10-26(14)15)17-18(24-25-19(17)21)11-3-6-13(20)7-4-11/h3-8,10H,2,9H2,1H3,(H3,21,24,25). The number of hydrogen-bond acceptors (Lipinski definition) is 6. The van der Waals surface area contributed by atoms with Gasteiger partial charge in [0, 0.05) is 17.3 Å². The van der Waals surface area contributed by atoms with Crippen molar-refractivity contribution in [3.05, 3.63) is 54.2 Å². The fraction of sp³-hybridized carbons (Fsp3) is 0.158. The molecule has 0 fully saturated rings. The number of anilines is 1. The molecule has 8 nitrogen and oxygen atoms in total. The minimum atomic E-state index is -0.378. The number of aromatic nitrogens is 5. The number of nitrogens with two attached hydrogens (primary N) is 1. The fourth-order valence-electron chi connectivity index (χ4n) is 3.01. The van der Waals surface area contributed by atoms with Gasteiger partial charge < -0.3 is 10.5 Å². The molecule has 0 atom stereocenters. The molecule has 3 heterocycles. The minimum absolute atomic E-state index is 0.00412. The molecule has 3 aromatic heterocycles. The topological polar surface area (TPSA) is 111 Å². The summed E-state index contributed by atoms with van der Waals surface area (Å²) in [6, 6.07) is 9.62. The molecule has 4 rings (SSSR count). The number of pyridine rings is 1. The summed E-state index contributed by atoms with van der Waals surface area (Å²) in [6.45, 7) is 2.05. The lowest BCUT2D eigenvalue weighted by Gasteiger charge is -2.06. The van der Waals surface area contributed by atoms with Crippen molar-refractivity contribution in [3.8, 4) is 22.4 Å². The highest BCUT2D eigenvalue weighted by Crippen LogP contribution is 2.34. The number of carbonyl (C=O) groups excluding carboxylic acids is 1. The molecule has 0 aliphatic carbocycles. The van der Waals surface area contributed by atoms with Crippen LogP contribution in [0.1, 0.15) is 12.7 Å². The van der Waals surface area contributed by atoms with Crippen LogP contribution in [0, 0.1) is 5.82 Å². The maximum absolute atomic E-state index is 13.3. The van der Waals surface area contributed by atoms with Crippen LogP contribution in [-0.4, -0.2) is 37.4 Å². The van der Waals surface area contributed by atoms with Crippen molar-refractivity contribution in [2.24, 2.45) is 0 Å². The van der Waals surface area contributed by atoms with Crippen LogP contribution < -0.4 is 5.73 Å². The van der Waals surface area contributed by atoms with E-state index in [0.29, 0.717) is 35.2 Å². The second-order valence-electron chi connectivity index (χ2n) is 6.11. The molecular formula is C19H17FN6O2. The van der Waals surface area contributed by atoms with Crippen LogP contribution in [0.4, 0.5) is 10.2 Å². The maximum atomic E-state index is 13.3. The average Bonchev–Trinajstić information content (AvgIpc) is 3.26. The van der Waals surface area contributed by atoms with Gasteiger partial charge in [-0.15, -0.1) is 10.2 Å². The third-order valence-electron chi connectivity index (χ3n) is 4.28. The Balaban J connectivity index is 1.79. The van der Waals surface area contributed by atoms with Crippen LogP contribution in [0.3, 0.4) is 0 Å². The van der Waals surface area contributed by atoms with Gasteiger partial charge in [0.25, 0.3) is 0 Å². The third kappa shape index (κ3) is 3.18. The lowest BCUT2D eigenvalue weighted by molar-refractivity contribution is -0.142. The minimum Gasteiger partial charge on any atom is -0.466 e. The monoisotopic (exact) mass is 380 g/mol. The quantitative estimate of drug-likeness (QED) is 0.515. The highest BCUT2D eigenvalue weighted by Gasteiger charge is 2.18. The molecule has 0 saturated carbocycles. The highest BCUT2D eigenvalue weighted by atomic mass is 19.1. The number of aromatic amines is 1. The van der Waals surface area contributed by atoms with Gasteiger partial charge in [-0.05, 0) is 43.3 Å². The van der Waals surface area contributed by atoms with Crippen molar-refractivity contribution in [3.63, 3.8) is 0 Å². The summed E-state index contributed by atoms with van der Waals surface area (Å²) < 4.78 is 20.0. The molecule has 0 radical (unpaired) electrons. The van der Waals surface area contributed by atoms with Gasteiger partial charge >= 0.3 is 5.97 Å². The molecule has 3 N–H and O–H groups in total. The van der Waals surface area contributed by atoms with E-state index in [1.54, 1.807) is 35.7 Å². The molecule has 1 aromatic carbocycles. The predicted octanol–water partition coefficient (Wildman–Crippen LogP) is 2.61. The van der Waals surface area contributed by atoms with Crippen molar-refractivity contribution in [2.75, 3.05) is 12.3 Å². The largest absolute Gasteiger partial charge is 0.466 e. The van der Waals surface area contributed by atoms with Gasteiger partial charge in [-0.1, -0.05) is 0 Å². The first-order valence-electron chi connectivity index (χ1n) is 8.66. The fourth-order valence-corrected chi connectivity index (χ4v) is 3.01. The Morgan fingerprint density at radius 1 is 1.18 bits per heavy atom. The second kappa shape index (κ2) is 7.10. The van der Waals surface area contributed by atoms with E-state index in [-0.39, 0.29) is 18.2 Å². The number of ether oxygens (including phenoxy) is 1. The van der Waals surface area contributed by atoms with E-state index in [1.165, 1.54) is 12.1 Å². The molecule has 0 amide bonds. The number of H-pyrrole nitrogens is 1. The number of nitrogen functional groups attached to an aromatic ring is 1. The van der Waals surface area contributed by atoms with E-state index < -0.39 is 0 Å².